The zero-order valence-electron chi connectivity index (χ0n) is 10.9. The maximum atomic E-state index is 5.51. The molecule has 17 heavy (non-hydrogen) atoms. The zero-order chi connectivity index (χ0) is 12.8. The SMILES string of the molecule is Cc1cnc(NN)nc1N(C)CCOC(C)C. The van der Waals surface area contributed by atoms with Gasteiger partial charge in [-0.15, -0.1) is 0 Å². The number of nitrogens with zero attached hydrogens (tertiary/aromatic N) is 3. The summed E-state index contributed by atoms with van der Waals surface area (Å²) in [6.07, 6.45) is 1.99. The first-order chi connectivity index (χ1) is 8.04. The van der Waals surface area contributed by atoms with E-state index in [9.17, 15) is 0 Å². The van der Waals surface area contributed by atoms with E-state index in [4.69, 9.17) is 10.6 Å². The van der Waals surface area contributed by atoms with Crippen LogP contribution in [0.25, 0.3) is 0 Å². The maximum Gasteiger partial charge on any atom is 0.239 e. The molecule has 6 nitrogen and oxygen atoms in total. The molecule has 0 aliphatic rings. The van der Waals surface area contributed by atoms with E-state index in [-0.39, 0.29) is 6.10 Å². The third-order valence-electron chi connectivity index (χ3n) is 2.31. The van der Waals surface area contributed by atoms with E-state index < -0.39 is 0 Å². The van der Waals surface area contributed by atoms with E-state index in [1.165, 1.54) is 0 Å². The topological polar surface area (TPSA) is 76.3 Å². The molecule has 1 rings (SSSR count). The van der Waals surface area contributed by atoms with Crippen molar-refractivity contribution in [2.24, 2.45) is 5.84 Å². The molecule has 3 N–H and O–H groups in total. The van der Waals surface area contributed by atoms with Gasteiger partial charge in [-0.25, -0.2) is 10.8 Å². The lowest BCUT2D eigenvalue weighted by atomic mass is 10.3. The van der Waals surface area contributed by atoms with Crippen LogP contribution in [-0.4, -0.2) is 36.3 Å². The van der Waals surface area contributed by atoms with Crippen LogP contribution in [0.4, 0.5) is 11.8 Å². The lowest BCUT2D eigenvalue weighted by molar-refractivity contribution is 0.0845. The van der Waals surface area contributed by atoms with Gasteiger partial charge in [-0.2, -0.15) is 4.98 Å². The van der Waals surface area contributed by atoms with Crippen LogP contribution in [0.5, 0.6) is 0 Å². The summed E-state index contributed by atoms with van der Waals surface area (Å²) in [5.41, 5.74) is 3.45. The van der Waals surface area contributed by atoms with Gasteiger partial charge in [0.1, 0.15) is 5.82 Å². The Morgan fingerprint density at radius 1 is 1.53 bits per heavy atom. The van der Waals surface area contributed by atoms with Crippen LogP contribution >= 0.6 is 0 Å². The van der Waals surface area contributed by atoms with Crippen LogP contribution in [-0.2, 0) is 4.74 Å². The average molecular weight is 239 g/mol. The Labute approximate surface area is 102 Å². The van der Waals surface area contributed by atoms with Crippen molar-refractivity contribution in [3.63, 3.8) is 0 Å². The number of ether oxygens (including phenoxy) is 1. The Kier molecular flexibility index (Phi) is 5.11. The van der Waals surface area contributed by atoms with Crippen molar-refractivity contribution in [3.05, 3.63) is 11.8 Å². The first kappa shape index (κ1) is 13.7. The fourth-order valence-corrected chi connectivity index (χ4v) is 1.42. The lowest BCUT2D eigenvalue weighted by Crippen LogP contribution is -2.26. The molecule has 1 aromatic rings. The van der Waals surface area contributed by atoms with Crippen molar-refractivity contribution in [1.82, 2.24) is 9.97 Å². The molecule has 1 aromatic heterocycles. The van der Waals surface area contributed by atoms with Gasteiger partial charge in [-0.05, 0) is 20.8 Å². The van der Waals surface area contributed by atoms with Gasteiger partial charge < -0.3 is 9.64 Å². The zero-order valence-corrected chi connectivity index (χ0v) is 10.9. The molecule has 0 bridgehead atoms. The van der Waals surface area contributed by atoms with E-state index in [0.29, 0.717) is 12.6 Å². The van der Waals surface area contributed by atoms with Gasteiger partial charge in [-0.1, -0.05) is 0 Å². The van der Waals surface area contributed by atoms with Crippen LogP contribution in [0, 0.1) is 6.92 Å². The molecule has 0 saturated heterocycles. The number of anilines is 2. The molecule has 0 unspecified atom stereocenters. The van der Waals surface area contributed by atoms with Crippen molar-refractivity contribution in [1.29, 1.82) is 0 Å². The number of hydrogen-bond donors (Lipinski definition) is 2. The van der Waals surface area contributed by atoms with Crippen LogP contribution in [0.2, 0.25) is 0 Å². The maximum absolute atomic E-state index is 5.51. The summed E-state index contributed by atoms with van der Waals surface area (Å²) >= 11 is 0. The van der Waals surface area contributed by atoms with Crippen molar-refractivity contribution >= 4 is 11.8 Å². The molecule has 0 radical (unpaired) electrons. The number of rotatable bonds is 6. The normalized spacial score (nSPS) is 10.7. The molecule has 0 saturated carbocycles. The molecule has 0 aliphatic heterocycles. The summed E-state index contributed by atoms with van der Waals surface area (Å²) in [4.78, 5) is 10.4. The van der Waals surface area contributed by atoms with Crippen molar-refractivity contribution in [2.75, 3.05) is 30.5 Å². The van der Waals surface area contributed by atoms with Crippen molar-refractivity contribution < 1.29 is 4.74 Å². The fourth-order valence-electron chi connectivity index (χ4n) is 1.42. The minimum absolute atomic E-state index is 0.246. The first-order valence-electron chi connectivity index (χ1n) is 5.67. The molecule has 0 spiro atoms. The van der Waals surface area contributed by atoms with E-state index >= 15 is 0 Å². The summed E-state index contributed by atoms with van der Waals surface area (Å²) < 4.78 is 5.51. The summed E-state index contributed by atoms with van der Waals surface area (Å²) in [7, 11) is 1.97. The van der Waals surface area contributed by atoms with Crippen molar-refractivity contribution in [2.45, 2.75) is 26.9 Å². The number of nitrogen functional groups attached to an aromatic ring is 1. The number of hydrazine groups is 1. The van der Waals surface area contributed by atoms with E-state index in [1.54, 1.807) is 6.20 Å². The van der Waals surface area contributed by atoms with E-state index in [0.717, 1.165) is 17.9 Å². The van der Waals surface area contributed by atoms with Crippen LogP contribution in [0.1, 0.15) is 19.4 Å². The molecular weight excluding hydrogens is 218 g/mol. The Hall–Kier alpha value is -1.40. The minimum atomic E-state index is 0.246. The standard InChI is InChI=1S/C11H21N5O/c1-8(2)17-6-5-16(4)10-9(3)7-13-11(14-10)15-12/h7-8H,5-6,12H2,1-4H3,(H,13,14,15). The monoisotopic (exact) mass is 239 g/mol. The molecule has 0 amide bonds. The molecule has 96 valence electrons. The third-order valence-corrected chi connectivity index (χ3v) is 2.31. The Balaban J connectivity index is 2.64. The van der Waals surface area contributed by atoms with Gasteiger partial charge in [0.2, 0.25) is 5.95 Å². The smallest absolute Gasteiger partial charge is 0.239 e. The van der Waals surface area contributed by atoms with Crippen LogP contribution in [0.3, 0.4) is 0 Å². The predicted molar refractivity (Wildman–Crippen MR) is 68.9 cm³/mol. The van der Waals surface area contributed by atoms with Crippen molar-refractivity contribution in [3.8, 4) is 0 Å². The highest BCUT2D eigenvalue weighted by Crippen LogP contribution is 2.15. The quantitative estimate of drug-likeness (QED) is 0.568. The predicted octanol–water partition coefficient (Wildman–Crippen LogP) is 0.932. The summed E-state index contributed by atoms with van der Waals surface area (Å²) in [5.74, 6) is 6.57. The highest BCUT2D eigenvalue weighted by molar-refractivity contribution is 5.47. The van der Waals surface area contributed by atoms with E-state index in [2.05, 4.69) is 15.4 Å². The lowest BCUT2D eigenvalue weighted by Gasteiger charge is -2.20. The number of nitrogens with two attached hydrogens (primary N) is 1. The van der Waals surface area contributed by atoms with Gasteiger partial charge in [0.05, 0.1) is 12.7 Å². The number of aromatic nitrogens is 2. The summed E-state index contributed by atoms with van der Waals surface area (Å²) in [6.45, 7) is 7.46. The van der Waals surface area contributed by atoms with Gasteiger partial charge in [0.15, 0.2) is 0 Å². The summed E-state index contributed by atoms with van der Waals surface area (Å²) in [6, 6.07) is 0. The molecule has 0 aromatic carbocycles. The second-order valence-corrected chi connectivity index (χ2v) is 4.19. The number of hydrogen-bond acceptors (Lipinski definition) is 6. The van der Waals surface area contributed by atoms with Crippen LogP contribution < -0.4 is 16.2 Å². The third kappa shape index (κ3) is 4.16. The fraction of sp³-hybridized carbons (Fsp3) is 0.636. The molecule has 0 atom stereocenters. The Morgan fingerprint density at radius 3 is 2.82 bits per heavy atom. The largest absolute Gasteiger partial charge is 0.377 e. The highest BCUT2D eigenvalue weighted by Gasteiger charge is 2.08. The molecule has 1 heterocycles. The molecule has 6 heteroatoms. The van der Waals surface area contributed by atoms with Gasteiger partial charge in [-0.3, -0.25) is 5.43 Å². The molecule has 0 fully saturated rings. The number of nitrogens with one attached hydrogen (secondary N) is 1. The van der Waals surface area contributed by atoms with Crippen LogP contribution in [0.15, 0.2) is 6.20 Å². The number of aryl methyl sites for hydroxylation is 1. The second kappa shape index (κ2) is 6.36. The van der Waals surface area contributed by atoms with Gasteiger partial charge in [0, 0.05) is 25.4 Å². The van der Waals surface area contributed by atoms with Gasteiger partial charge >= 0.3 is 0 Å². The van der Waals surface area contributed by atoms with E-state index in [1.807, 2.05) is 32.7 Å². The molecule has 0 aliphatic carbocycles. The molecular formula is C11H21N5O. The average Bonchev–Trinajstić information content (AvgIpc) is 2.29. The Morgan fingerprint density at radius 2 is 2.24 bits per heavy atom. The van der Waals surface area contributed by atoms with Gasteiger partial charge in [0.25, 0.3) is 0 Å². The second-order valence-electron chi connectivity index (χ2n) is 4.19. The summed E-state index contributed by atoms with van der Waals surface area (Å²) in [5, 5.41) is 0. The Bertz CT molecular complexity index is 356. The first-order valence-corrected chi connectivity index (χ1v) is 5.67. The highest BCUT2D eigenvalue weighted by atomic mass is 16.5. The number of likely N-dealkylation sites (N-methyl/N-ethyl adjacent to an activating group) is 1. The minimum Gasteiger partial charge on any atom is -0.377 e.